The number of rotatable bonds is 10. The summed E-state index contributed by atoms with van der Waals surface area (Å²) < 4.78 is 6.16. The van der Waals surface area contributed by atoms with Crippen LogP contribution in [0.5, 0.6) is 0 Å². The zero-order valence-corrected chi connectivity index (χ0v) is 24.6. The summed E-state index contributed by atoms with van der Waals surface area (Å²) in [5.41, 5.74) is 2.78. The number of piperidine rings is 1. The van der Waals surface area contributed by atoms with Crippen molar-refractivity contribution in [2.45, 2.75) is 76.5 Å². The highest BCUT2D eigenvalue weighted by Gasteiger charge is 2.35. The summed E-state index contributed by atoms with van der Waals surface area (Å²) in [6.07, 6.45) is 9.05. The zero-order chi connectivity index (χ0) is 28.6. The molecule has 2 heterocycles. The van der Waals surface area contributed by atoms with E-state index in [1.54, 1.807) is 11.0 Å². The van der Waals surface area contributed by atoms with Crippen LogP contribution >= 0.6 is 0 Å². The molecule has 7 nitrogen and oxygen atoms in total. The number of benzene rings is 2. The van der Waals surface area contributed by atoms with Crippen molar-refractivity contribution in [2.75, 3.05) is 32.1 Å². The number of carbonyl (C=O) groups excluding carboxylic acids is 2. The fourth-order valence-electron chi connectivity index (χ4n) is 6.07. The van der Waals surface area contributed by atoms with Gasteiger partial charge in [-0.2, -0.15) is 0 Å². The van der Waals surface area contributed by atoms with E-state index in [4.69, 9.17) is 4.42 Å². The van der Waals surface area contributed by atoms with Crippen LogP contribution in [0.15, 0.2) is 71.1 Å². The lowest BCUT2D eigenvalue weighted by Gasteiger charge is -2.33. The van der Waals surface area contributed by atoms with E-state index in [-0.39, 0.29) is 23.6 Å². The number of anilines is 1. The van der Waals surface area contributed by atoms with E-state index in [9.17, 15) is 9.59 Å². The molecule has 5 rings (SSSR count). The quantitative estimate of drug-likeness (QED) is 0.324. The van der Waals surface area contributed by atoms with Gasteiger partial charge in [-0.3, -0.25) is 14.5 Å². The molecule has 1 aromatic heterocycles. The maximum Gasteiger partial charge on any atom is 0.290 e. The molecule has 1 aliphatic heterocycles. The van der Waals surface area contributed by atoms with Crippen LogP contribution in [0.1, 0.15) is 84.9 Å². The summed E-state index contributed by atoms with van der Waals surface area (Å²) in [5.74, 6) is 0.639. The van der Waals surface area contributed by atoms with Crippen LogP contribution in [-0.2, 0) is 17.9 Å². The van der Waals surface area contributed by atoms with Gasteiger partial charge in [0, 0.05) is 32.4 Å². The Morgan fingerprint density at radius 1 is 0.878 bits per heavy atom. The summed E-state index contributed by atoms with van der Waals surface area (Å²) in [7, 11) is 3.98. The molecule has 2 aliphatic rings. The first kappa shape index (κ1) is 28.9. The van der Waals surface area contributed by atoms with Crippen LogP contribution in [0, 0.1) is 0 Å². The largest absolute Gasteiger partial charge is 0.455 e. The average Bonchev–Trinajstić information content (AvgIpc) is 3.46. The monoisotopic (exact) mass is 556 g/mol. The number of carbonyl (C=O) groups is 2. The number of hydrogen-bond acceptors (Lipinski definition) is 5. The molecule has 1 saturated heterocycles. The van der Waals surface area contributed by atoms with Crippen LogP contribution in [0.4, 0.5) is 5.69 Å². The highest BCUT2D eigenvalue weighted by molar-refractivity contribution is 5.96. The highest BCUT2D eigenvalue weighted by atomic mass is 16.4. The van der Waals surface area contributed by atoms with Crippen molar-refractivity contribution in [3.8, 4) is 0 Å². The third-order valence-corrected chi connectivity index (χ3v) is 8.39. The Balaban J connectivity index is 1.47. The predicted molar refractivity (Wildman–Crippen MR) is 163 cm³/mol. The van der Waals surface area contributed by atoms with Gasteiger partial charge in [-0.1, -0.05) is 68.1 Å². The van der Waals surface area contributed by atoms with Crippen LogP contribution in [0.3, 0.4) is 0 Å². The van der Waals surface area contributed by atoms with E-state index in [1.165, 1.54) is 25.7 Å². The average molecular weight is 557 g/mol. The molecule has 0 radical (unpaired) electrons. The minimum absolute atomic E-state index is 0.133. The van der Waals surface area contributed by atoms with Crippen molar-refractivity contribution >= 4 is 17.5 Å². The van der Waals surface area contributed by atoms with Gasteiger partial charge in [0.2, 0.25) is 5.91 Å². The first-order valence-corrected chi connectivity index (χ1v) is 15.2. The molecule has 2 amide bonds. The fourth-order valence-corrected chi connectivity index (χ4v) is 6.07. The minimum atomic E-state index is -0.795. The van der Waals surface area contributed by atoms with E-state index >= 15 is 0 Å². The summed E-state index contributed by atoms with van der Waals surface area (Å²) >= 11 is 0. The third kappa shape index (κ3) is 7.59. The number of furan rings is 1. The van der Waals surface area contributed by atoms with E-state index in [2.05, 4.69) is 10.2 Å². The first-order valence-electron chi connectivity index (χ1n) is 15.2. The van der Waals surface area contributed by atoms with Gasteiger partial charge in [-0.25, -0.2) is 0 Å². The molecule has 0 unspecified atom stereocenters. The normalized spacial score (nSPS) is 17.1. The van der Waals surface area contributed by atoms with E-state index < -0.39 is 6.04 Å². The van der Waals surface area contributed by atoms with Crippen molar-refractivity contribution in [1.29, 1.82) is 0 Å². The van der Waals surface area contributed by atoms with Gasteiger partial charge in [0.1, 0.15) is 11.8 Å². The van der Waals surface area contributed by atoms with Gasteiger partial charge in [0.15, 0.2) is 5.76 Å². The second-order valence-electron chi connectivity index (χ2n) is 11.8. The molecular formula is C34H44N4O3. The lowest BCUT2D eigenvalue weighted by molar-refractivity contribution is -0.127. The molecule has 2 fully saturated rings. The van der Waals surface area contributed by atoms with Crippen LogP contribution in [0.2, 0.25) is 0 Å². The van der Waals surface area contributed by atoms with E-state index in [0.717, 1.165) is 61.3 Å². The Bertz CT molecular complexity index is 1260. The van der Waals surface area contributed by atoms with Gasteiger partial charge >= 0.3 is 0 Å². The van der Waals surface area contributed by atoms with Gasteiger partial charge in [0.25, 0.3) is 5.91 Å². The molecule has 1 saturated carbocycles. The molecule has 1 atom stereocenters. The summed E-state index contributed by atoms with van der Waals surface area (Å²) in [6.45, 7) is 3.09. The lowest BCUT2D eigenvalue weighted by Crippen LogP contribution is -2.46. The molecule has 218 valence electrons. The smallest absolute Gasteiger partial charge is 0.290 e. The molecule has 7 heteroatoms. The second-order valence-corrected chi connectivity index (χ2v) is 11.8. The Hall–Kier alpha value is -3.58. The Morgan fingerprint density at radius 3 is 2.24 bits per heavy atom. The van der Waals surface area contributed by atoms with Crippen LogP contribution in [-0.4, -0.2) is 54.8 Å². The Morgan fingerprint density at radius 2 is 1.56 bits per heavy atom. The van der Waals surface area contributed by atoms with Gasteiger partial charge in [-0.15, -0.1) is 0 Å². The minimum Gasteiger partial charge on any atom is -0.455 e. The molecule has 1 aliphatic carbocycles. The standard InChI is InChI=1S/C34H44N4O3/c1-36(2)29-18-16-27(17-19-29)32(33(39)35-28-14-8-4-9-15-28)38(24-26-12-6-3-7-13-26)34(40)31-21-20-30(41-31)25-37-22-10-5-11-23-37/h3,6-7,12-13,16-21,28,32H,4-5,8-11,14-15,22-25H2,1-2H3,(H,35,39)/t32-/m0/s1. The van der Waals surface area contributed by atoms with Gasteiger partial charge in [-0.05, 0) is 74.2 Å². The summed E-state index contributed by atoms with van der Waals surface area (Å²) in [4.78, 5) is 34.5. The highest BCUT2D eigenvalue weighted by Crippen LogP contribution is 2.29. The number of amides is 2. The van der Waals surface area contributed by atoms with E-state index in [1.807, 2.05) is 79.7 Å². The Labute approximate surface area is 244 Å². The maximum absolute atomic E-state index is 14.3. The van der Waals surface area contributed by atoms with Crippen molar-refractivity contribution in [3.05, 3.63) is 89.4 Å². The lowest BCUT2D eigenvalue weighted by atomic mass is 9.94. The number of hydrogen-bond donors (Lipinski definition) is 1. The van der Waals surface area contributed by atoms with Crippen LogP contribution < -0.4 is 10.2 Å². The van der Waals surface area contributed by atoms with Gasteiger partial charge < -0.3 is 19.5 Å². The van der Waals surface area contributed by atoms with Crippen LogP contribution in [0.25, 0.3) is 0 Å². The number of nitrogens with one attached hydrogen (secondary N) is 1. The zero-order valence-electron chi connectivity index (χ0n) is 24.6. The van der Waals surface area contributed by atoms with Crippen molar-refractivity contribution in [1.82, 2.24) is 15.1 Å². The molecule has 41 heavy (non-hydrogen) atoms. The van der Waals surface area contributed by atoms with E-state index in [0.29, 0.717) is 13.1 Å². The molecule has 2 aromatic carbocycles. The van der Waals surface area contributed by atoms with Crippen molar-refractivity contribution < 1.29 is 14.0 Å². The summed E-state index contributed by atoms with van der Waals surface area (Å²) in [6, 6.07) is 20.8. The predicted octanol–water partition coefficient (Wildman–Crippen LogP) is 6.16. The molecule has 1 N–H and O–H groups in total. The third-order valence-electron chi connectivity index (χ3n) is 8.39. The van der Waals surface area contributed by atoms with Crippen molar-refractivity contribution in [3.63, 3.8) is 0 Å². The number of likely N-dealkylation sites (tertiary alicyclic amines) is 1. The molecule has 3 aromatic rings. The fraction of sp³-hybridized carbons (Fsp3) is 0.471. The molecule has 0 bridgehead atoms. The number of nitrogens with zero attached hydrogens (tertiary/aromatic N) is 3. The second kappa shape index (κ2) is 13.9. The molecular weight excluding hydrogens is 512 g/mol. The Kier molecular flexibility index (Phi) is 9.78. The molecule has 0 spiro atoms. The SMILES string of the molecule is CN(C)c1ccc([C@@H](C(=O)NC2CCCCC2)N(Cc2ccccc2)C(=O)c2ccc(CN3CCCCC3)o2)cc1. The topological polar surface area (TPSA) is 69.0 Å². The van der Waals surface area contributed by atoms with Crippen molar-refractivity contribution in [2.24, 2.45) is 0 Å². The maximum atomic E-state index is 14.3. The first-order chi connectivity index (χ1) is 20.0. The van der Waals surface area contributed by atoms with Gasteiger partial charge in [0.05, 0.1) is 6.54 Å². The summed E-state index contributed by atoms with van der Waals surface area (Å²) in [5, 5.41) is 3.31.